The molecule has 1 atom stereocenters. The summed E-state index contributed by atoms with van der Waals surface area (Å²) in [5, 5.41) is 7.21. The zero-order valence-electron chi connectivity index (χ0n) is 10.3. The van der Waals surface area contributed by atoms with Gasteiger partial charge in [0.15, 0.2) is 0 Å². The molecule has 1 N–H and O–H groups in total. The number of amides is 1. The van der Waals surface area contributed by atoms with Crippen LogP contribution in [0.5, 0.6) is 0 Å². The van der Waals surface area contributed by atoms with Gasteiger partial charge >= 0.3 is 0 Å². The van der Waals surface area contributed by atoms with Gasteiger partial charge in [-0.05, 0) is 6.42 Å². The molecule has 0 aliphatic carbocycles. The Morgan fingerprint density at radius 1 is 1.61 bits per heavy atom. The number of halogens is 1. The molecule has 98 valence electrons. The number of aryl methyl sites for hydroxylation is 1. The van der Waals surface area contributed by atoms with Crippen LogP contribution < -0.4 is 10.9 Å². The summed E-state index contributed by atoms with van der Waals surface area (Å²) in [7, 11) is 1.55. The highest BCUT2D eigenvalue weighted by atomic mass is 35.5. The van der Waals surface area contributed by atoms with Crippen molar-refractivity contribution in [3.05, 3.63) is 21.6 Å². The number of nitrogens with zero attached hydrogens (tertiary/aromatic N) is 3. The lowest BCUT2D eigenvalue weighted by molar-refractivity contribution is -0.127. The Morgan fingerprint density at radius 2 is 2.33 bits per heavy atom. The van der Waals surface area contributed by atoms with E-state index >= 15 is 0 Å². The molecule has 1 saturated heterocycles. The highest BCUT2D eigenvalue weighted by molar-refractivity contribution is 6.32. The van der Waals surface area contributed by atoms with Crippen molar-refractivity contribution >= 4 is 23.2 Å². The van der Waals surface area contributed by atoms with Crippen LogP contribution in [0.4, 0.5) is 5.69 Å². The zero-order valence-corrected chi connectivity index (χ0v) is 11.1. The number of aromatic nitrogens is 2. The molecule has 1 aliphatic rings. The molecular formula is C11H15ClN4O2. The molecule has 1 fully saturated rings. The van der Waals surface area contributed by atoms with E-state index in [1.807, 2.05) is 0 Å². The second-order valence-corrected chi connectivity index (χ2v) is 4.77. The average Bonchev–Trinajstić information content (AvgIpc) is 2.79. The minimum absolute atomic E-state index is 0.0625. The minimum atomic E-state index is -0.330. The Kier molecular flexibility index (Phi) is 3.56. The number of nitrogens with one attached hydrogen (secondary N) is 1. The van der Waals surface area contributed by atoms with Gasteiger partial charge in [0.2, 0.25) is 5.91 Å². The largest absolute Gasteiger partial charge is 0.378 e. The molecule has 2 rings (SSSR count). The van der Waals surface area contributed by atoms with Crippen LogP contribution in [0.15, 0.2) is 11.0 Å². The summed E-state index contributed by atoms with van der Waals surface area (Å²) in [6.45, 7) is 2.90. The Morgan fingerprint density at radius 3 is 2.94 bits per heavy atom. The van der Waals surface area contributed by atoms with Crippen molar-refractivity contribution in [2.45, 2.75) is 19.4 Å². The summed E-state index contributed by atoms with van der Waals surface area (Å²) in [5.41, 5.74) is 0.193. The van der Waals surface area contributed by atoms with Gasteiger partial charge in [0.05, 0.1) is 11.9 Å². The summed E-state index contributed by atoms with van der Waals surface area (Å²) in [4.78, 5) is 24.6. The smallest absolute Gasteiger partial charge is 0.287 e. The van der Waals surface area contributed by atoms with Gasteiger partial charge in [-0.3, -0.25) is 9.59 Å². The first-order valence-electron chi connectivity index (χ1n) is 5.73. The highest BCUT2D eigenvalue weighted by Crippen LogP contribution is 2.20. The SMILES string of the molecule is CC(=O)N1CC[C@@H](Nc2cnn(C)c(=O)c2Cl)C1. The van der Waals surface area contributed by atoms with E-state index in [0.29, 0.717) is 12.2 Å². The van der Waals surface area contributed by atoms with E-state index in [9.17, 15) is 9.59 Å². The molecule has 0 spiro atoms. The maximum Gasteiger partial charge on any atom is 0.287 e. The van der Waals surface area contributed by atoms with Crippen LogP contribution in [0.2, 0.25) is 5.02 Å². The van der Waals surface area contributed by atoms with Gasteiger partial charge in [-0.1, -0.05) is 11.6 Å². The van der Waals surface area contributed by atoms with E-state index < -0.39 is 0 Å². The normalized spacial score (nSPS) is 19.1. The molecule has 6 nitrogen and oxygen atoms in total. The van der Waals surface area contributed by atoms with E-state index in [1.165, 1.54) is 10.9 Å². The Hall–Kier alpha value is -1.56. The third-order valence-corrected chi connectivity index (χ3v) is 3.44. The fraction of sp³-hybridized carbons (Fsp3) is 0.545. The van der Waals surface area contributed by atoms with Gasteiger partial charge in [0, 0.05) is 33.1 Å². The molecule has 1 aliphatic heterocycles. The van der Waals surface area contributed by atoms with Crippen molar-refractivity contribution in [1.29, 1.82) is 0 Å². The zero-order chi connectivity index (χ0) is 13.3. The number of carbonyl (C=O) groups is 1. The highest BCUT2D eigenvalue weighted by Gasteiger charge is 2.24. The van der Waals surface area contributed by atoms with Crippen molar-refractivity contribution in [3.63, 3.8) is 0 Å². The third kappa shape index (κ3) is 2.48. The van der Waals surface area contributed by atoms with Crippen LogP contribution >= 0.6 is 11.6 Å². The average molecular weight is 271 g/mol. The van der Waals surface area contributed by atoms with Crippen LogP contribution in [-0.2, 0) is 11.8 Å². The standard InChI is InChI=1S/C11H15ClN4O2/c1-7(17)16-4-3-8(6-16)14-9-5-13-15(2)11(18)10(9)12/h5,8,14H,3-4,6H2,1-2H3/t8-/m1/s1. The van der Waals surface area contributed by atoms with Gasteiger partial charge in [-0.25, -0.2) is 4.68 Å². The molecule has 2 heterocycles. The Labute approximate surface area is 110 Å². The van der Waals surface area contributed by atoms with Gasteiger partial charge in [0.1, 0.15) is 5.02 Å². The Bertz CT molecular complexity index is 528. The van der Waals surface area contributed by atoms with E-state index in [-0.39, 0.29) is 22.5 Å². The molecule has 0 bridgehead atoms. The van der Waals surface area contributed by atoms with Crippen LogP contribution in [-0.4, -0.2) is 39.7 Å². The third-order valence-electron chi connectivity index (χ3n) is 3.07. The second-order valence-electron chi connectivity index (χ2n) is 4.40. The van der Waals surface area contributed by atoms with Gasteiger partial charge in [0.25, 0.3) is 5.56 Å². The molecule has 0 unspecified atom stereocenters. The number of hydrogen-bond acceptors (Lipinski definition) is 4. The van der Waals surface area contributed by atoms with Gasteiger partial charge < -0.3 is 10.2 Å². The fourth-order valence-corrected chi connectivity index (χ4v) is 2.22. The molecule has 1 amide bonds. The Balaban J connectivity index is 2.10. The van der Waals surface area contributed by atoms with E-state index in [0.717, 1.165) is 13.0 Å². The molecule has 0 radical (unpaired) electrons. The number of likely N-dealkylation sites (tertiary alicyclic amines) is 1. The predicted octanol–water partition coefficient (Wildman–Crippen LogP) is 0.466. The predicted molar refractivity (Wildman–Crippen MR) is 68.8 cm³/mol. The lowest BCUT2D eigenvalue weighted by atomic mass is 10.2. The molecule has 0 aromatic carbocycles. The number of anilines is 1. The summed E-state index contributed by atoms with van der Waals surface area (Å²) >= 11 is 5.96. The van der Waals surface area contributed by atoms with Crippen molar-refractivity contribution in [3.8, 4) is 0 Å². The first kappa shape index (κ1) is 12.9. The van der Waals surface area contributed by atoms with E-state index in [4.69, 9.17) is 11.6 Å². The molecule has 18 heavy (non-hydrogen) atoms. The number of rotatable bonds is 2. The molecular weight excluding hydrogens is 256 g/mol. The maximum atomic E-state index is 11.6. The lowest BCUT2D eigenvalue weighted by Crippen LogP contribution is -2.30. The summed E-state index contributed by atoms with van der Waals surface area (Å²) < 4.78 is 1.18. The first-order valence-corrected chi connectivity index (χ1v) is 6.10. The fourth-order valence-electron chi connectivity index (χ4n) is 2.00. The van der Waals surface area contributed by atoms with Gasteiger partial charge in [-0.2, -0.15) is 5.10 Å². The molecule has 7 heteroatoms. The quantitative estimate of drug-likeness (QED) is 0.848. The first-order chi connectivity index (χ1) is 8.49. The van der Waals surface area contributed by atoms with Crippen LogP contribution in [0.1, 0.15) is 13.3 Å². The molecule has 0 saturated carbocycles. The topological polar surface area (TPSA) is 67.2 Å². The van der Waals surface area contributed by atoms with Crippen molar-refractivity contribution in [1.82, 2.24) is 14.7 Å². The van der Waals surface area contributed by atoms with E-state index in [1.54, 1.807) is 18.9 Å². The molecule has 1 aromatic rings. The lowest BCUT2D eigenvalue weighted by Gasteiger charge is -2.16. The molecule has 1 aromatic heterocycles. The van der Waals surface area contributed by atoms with E-state index in [2.05, 4.69) is 10.4 Å². The minimum Gasteiger partial charge on any atom is -0.378 e. The van der Waals surface area contributed by atoms with Crippen molar-refractivity contribution in [2.24, 2.45) is 7.05 Å². The summed E-state index contributed by atoms with van der Waals surface area (Å²) in [5.74, 6) is 0.0625. The van der Waals surface area contributed by atoms with Crippen LogP contribution in [0, 0.1) is 0 Å². The monoisotopic (exact) mass is 270 g/mol. The number of hydrogen-bond donors (Lipinski definition) is 1. The second kappa shape index (κ2) is 4.97. The number of carbonyl (C=O) groups excluding carboxylic acids is 1. The maximum absolute atomic E-state index is 11.6. The summed E-state index contributed by atoms with van der Waals surface area (Å²) in [6.07, 6.45) is 2.37. The van der Waals surface area contributed by atoms with Crippen molar-refractivity contribution in [2.75, 3.05) is 18.4 Å². The van der Waals surface area contributed by atoms with Crippen LogP contribution in [0.25, 0.3) is 0 Å². The van der Waals surface area contributed by atoms with Crippen LogP contribution in [0.3, 0.4) is 0 Å². The summed E-state index contributed by atoms with van der Waals surface area (Å²) in [6, 6.07) is 0.111. The van der Waals surface area contributed by atoms with Gasteiger partial charge in [-0.15, -0.1) is 0 Å². The van der Waals surface area contributed by atoms with Crippen molar-refractivity contribution < 1.29 is 4.79 Å².